The average molecular weight is 406 g/mol. The quantitative estimate of drug-likeness (QED) is 0.526. The Balaban J connectivity index is 1.52. The first kappa shape index (κ1) is 18.8. The van der Waals surface area contributed by atoms with Crippen LogP contribution in [0, 0.1) is 0 Å². The molecule has 1 aliphatic rings. The maximum Gasteiger partial charge on any atom is 0.231 e. The van der Waals surface area contributed by atoms with Crippen LogP contribution in [0.5, 0.6) is 0 Å². The van der Waals surface area contributed by atoms with Gasteiger partial charge in [-0.15, -0.1) is 0 Å². The normalized spacial score (nSPS) is 17.3. The van der Waals surface area contributed by atoms with Crippen molar-refractivity contribution in [3.63, 3.8) is 0 Å². The monoisotopic (exact) mass is 406 g/mol. The van der Waals surface area contributed by atoms with Gasteiger partial charge in [-0.25, -0.2) is 4.98 Å². The fourth-order valence-corrected chi connectivity index (χ4v) is 3.81. The molecule has 1 aromatic carbocycles. The predicted molar refractivity (Wildman–Crippen MR) is 116 cm³/mol. The van der Waals surface area contributed by atoms with Gasteiger partial charge in [0.2, 0.25) is 11.9 Å². The Morgan fingerprint density at radius 3 is 2.90 bits per heavy atom. The van der Waals surface area contributed by atoms with Crippen LogP contribution in [0.1, 0.15) is 38.1 Å². The average Bonchev–Trinajstić information content (AvgIpc) is 3.36. The second kappa shape index (κ2) is 7.56. The maximum atomic E-state index is 5.59. The summed E-state index contributed by atoms with van der Waals surface area (Å²) in [5.41, 5.74) is 3.91. The standard InChI is InChI=1S/C21H26N8O/c1-13(2)15-10-23-29-19(15)26-21(28-8-9-30-12-14(28)3)27-20(29)22-11-18-24-16-6-4-5-7-17(16)25-18/h4-7,10,13-14H,8-9,11-12H2,1-3H3,(H,24,25)(H,22,26,27)/t14-/m0/s1. The van der Waals surface area contributed by atoms with Gasteiger partial charge in [0.1, 0.15) is 5.82 Å². The van der Waals surface area contributed by atoms with Crippen LogP contribution in [0.15, 0.2) is 30.5 Å². The number of fused-ring (bicyclic) bond motifs is 2. The lowest BCUT2D eigenvalue weighted by atomic mass is 10.1. The van der Waals surface area contributed by atoms with Gasteiger partial charge in [-0.2, -0.15) is 19.6 Å². The lowest BCUT2D eigenvalue weighted by molar-refractivity contribution is 0.0981. The predicted octanol–water partition coefficient (Wildman–Crippen LogP) is 2.96. The summed E-state index contributed by atoms with van der Waals surface area (Å²) < 4.78 is 7.37. The smallest absolute Gasteiger partial charge is 0.231 e. The van der Waals surface area contributed by atoms with Crippen LogP contribution in [0.3, 0.4) is 0 Å². The molecule has 0 spiro atoms. The molecular weight excluding hydrogens is 380 g/mol. The second-order valence-electron chi connectivity index (χ2n) is 8.01. The van der Waals surface area contributed by atoms with Crippen molar-refractivity contribution in [2.45, 2.75) is 39.3 Å². The van der Waals surface area contributed by atoms with E-state index in [0.717, 1.165) is 34.6 Å². The summed E-state index contributed by atoms with van der Waals surface area (Å²) in [5.74, 6) is 2.52. The first-order valence-electron chi connectivity index (χ1n) is 10.4. The molecule has 0 amide bonds. The number of hydrogen-bond acceptors (Lipinski definition) is 7. The van der Waals surface area contributed by atoms with Crippen molar-refractivity contribution in [2.75, 3.05) is 30.0 Å². The summed E-state index contributed by atoms with van der Waals surface area (Å²) in [4.78, 5) is 19.9. The van der Waals surface area contributed by atoms with E-state index >= 15 is 0 Å². The van der Waals surface area contributed by atoms with Crippen LogP contribution in [-0.2, 0) is 11.3 Å². The number of benzene rings is 1. The fourth-order valence-electron chi connectivity index (χ4n) is 3.81. The Hall–Kier alpha value is -3.20. The first-order valence-corrected chi connectivity index (χ1v) is 10.4. The zero-order valence-corrected chi connectivity index (χ0v) is 17.5. The summed E-state index contributed by atoms with van der Waals surface area (Å²) in [6.45, 7) is 9.06. The molecule has 9 heteroatoms. The van der Waals surface area contributed by atoms with Crippen LogP contribution < -0.4 is 10.2 Å². The van der Waals surface area contributed by atoms with Gasteiger partial charge in [0.05, 0.1) is 43.0 Å². The molecule has 5 rings (SSSR count). The summed E-state index contributed by atoms with van der Waals surface area (Å²) in [6.07, 6.45) is 1.88. The Bertz CT molecular complexity index is 1150. The molecule has 3 aromatic heterocycles. The number of ether oxygens (including phenoxy) is 1. The number of nitrogens with zero attached hydrogens (tertiary/aromatic N) is 6. The molecule has 0 unspecified atom stereocenters. The molecule has 4 aromatic rings. The van der Waals surface area contributed by atoms with E-state index in [1.165, 1.54) is 0 Å². The number of hydrogen-bond donors (Lipinski definition) is 2. The third-order valence-electron chi connectivity index (χ3n) is 5.48. The van der Waals surface area contributed by atoms with Crippen LogP contribution >= 0.6 is 0 Å². The number of nitrogens with one attached hydrogen (secondary N) is 2. The van der Waals surface area contributed by atoms with E-state index in [1.54, 1.807) is 4.52 Å². The Morgan fingerprint density at radius 2 is 2.10 bits per heavy atom. The Morgan fingerprint density at radius 1 is 1.23 bits per heavy atom. The van der Waals surface area contributed by atoms with E-state index in [4.69, 9.17) is 14.7 Å². The van der Waals surface area contributed by atoms with Gasteiger partial charge in [0.15, 0.2) is 5.65 Å². The van der Waals surface area contributed by atoms with Gasteiger partial charge >= 0.3 is 0 Å². The maximum absolute atomic E-state index is 5.59. The number of para-hydroxylation sites is 2. The van der Waals surface area contributed by atoms with Crippen LogP contribution in [-0.4, -0.2) is 55.4 Å². The van der Waals surface area contributed by atoms with E-state index in [-0.39, 0.29) is 6.04 Å². The summed E-state index contributed by atoms with van der Waals surface area (Å²) in [6, 6.07) is 8.22. The largest absolute Gasteiger partial charge is 0.377 e. The molecule has 2 N–H and O–H groups in total. The molecule has 0 saturated carbocycles. The number of morpholine rings is 1. The summed E-state index contributed by atoms with van der Waals surface area (Å²) in [5, 5.41) is 7.96. The molecule has 4 heterocycles. The molecule has 156 valence electrons. The van der Waals surface area contributed by atoms with Crippen molar-refractivity contribution in [1.82, 2.24) is 29.5 Å². The third-order valence-corrected chi connectivity index (χ3v) is 5.48. The second-order valence-corrected chi connectivity index (χ2v) is 8.01. The lowest BCUT2D eigenvalue weighted by Crippen LogP contribution is -2.44. The SMILES string of the molecule is CC(C)c1cnn2c(NCc3nc4ccccc4[nH]3)nc(N3CCOC[C@@H]3C)nc12. The van der Waals surface area contributed by atoms with E-state index in [9.17, 15) is 0 Å². The van der Waals surface area contributed by atoms with E-state index in [0.29, 0.717) is 37.6 Å². The van der Waals surface area contributed by atoms with E-state index in [1.807, 2.05) is 30.5 Å². The lowest BCUT2D eigenvalue weighted by Gasteiger charge is -2.33. The number of anilines is 2. The number of H-pyrrole nitrogens is 1. The van der Waals surface area contributed by atoms with Crippen molar-refractivity contribution < 1.29 is 4.74 Å². The minimum absolute atomic E-state index is 0.217. The van der Waals surface area contributed by atoms with Gasteiger partial charge in [-0.3, -0.25) is 0 Å². The zero-order chi connectivity index (χ0) is 20.7. The number of aromatic nitrogens is 6. The molecule has 0 radical (unpaired) electrons. The fraction of sp³-hybridized carbons (Fsp3) is 0.429. The molecular formula is C21H26N8O. The van der Waals surface area contributed by atoms with Gasteiger partial charge in [-0.1, -0.05) is 26.0 Å². The van der Waals surface area contributed by atoms with Gasteiger partial charge in [0.25, 0.3) is 0 Å². The van der Waals surface area contributed by atoms with Crippen molar-refractivity contribution in [2.24, 2.45) is 0 Å². The third kappa shape index (κ3) is 3.35. The van der Waals surface area contributed by atoms with Gasteiger partial charge in [0, 0.05) is 12.1 Å². The summed E-state index contributed by atoms with van der Waals surface area (Å²) >= 11 is 0. The minimum atomic E-state index is 0.217. The molecule has 0 aliphatic carbocycles. The van der Waals surface area contributed by atoms with Gasteiger partial charge < -0.3 is 19.9 Å². The Labute approximate surface area is 174 Å². The molecule has 1 saturated heterocycles. The Kier molecular flexibility index (Phi) is 4.74. The van der Waals surface area contributed by atoms with E-state index < -0.39 is 0 Å². The van der Waals surface area contributed by atoms with E-state index in [2.05, 4.69) is 46.1 Å². The highest BCUT2D eigenvalue weighted by molar-refractivity contribution is 5.74. The highest BCUT2D eigenvalue weighted by atomic mass is 16.5. The number of rotatable bonds is 5. The molecule has 9 nitrogen and oxygen atoms in total. The highest BCUT2D eigenvalue weighted by Crippen LogP contribution is 2.25. The van der Waals surface area contributed by atoms with Crippen LogP contribution in [0.2, 0.25) is 0 Å². The molecule has 1 atom stereocenters. The van der Waals surface area contributed by atoms with Crippen LogP contribution in [0.25, 0.3) is 16.7 Å². The van der Waals surface area contributed by atoms with Crippen LogP contribution in [0.4, 0.5) is 11.9 Å². The van der Waals surface area contributed by atoms with Crippen molar-refractivity contribution in [1.29, 1.82) is 0 Å². The highest BCUT2D eigenvalue weighted by Gasteiger charge is 2.24. The molecule has 1 aliphatic heterocycles. The molecule has 0 bridgehead atoms. The molecule has 30 heavy (non-hydrogen) atoms. The summed E-state index contributed by atoms with van der Waals surface area (Å²) in [7, 11) is 0. The topological polar surface area (TPSA) is 96.3 Å². The zero-order valence-electron chi connectivity index (χ0n) is 17.5. The number of aromatic amines is 1. The molecule has 1 fully saturated rings. The van der Waals surface area contributed by atoms with Gasteiger partial charge in [-0.05, 0) is 25.0 Å². The first-order chi connectivity index (χ1) is 14.6. The minimum Gasteiger partial charge on any atom is -0.377 e. The van der Waals surface area contributed by atoms with Crippen molar-refractivity contribution in [3.8, 4) is 0 Å². The van der Waals surface area contributed by atoms with Crippen molar-refractivity contribution >= 4 is 28.6 Å². The van der Waals surface area contributed by atoms with Crippen molar-refractivity contribution in [3.05, 3.63) is 41.9 Å². The number of imidazole rings is 1.